The van der Waals surface area contributed by atoms with E-state index in [0.717, 1.165) is 12.8 Å². The first-order valence-corrected chi connectivity index (χ1v) is 11.8. The first-order chi connectivity index (χ1) is 14.7. The lowest BCUT2D eigenvalue weighted by molar-refractivity contribution is 0.0507. The number of rotatable bonds is 8. The van der Waals surface area contributed by atoms with Crippen LogP contribution in [0.4, 0.5) is 0 Å². The molecule has 0 aliphatic heterocycles. The van der Waals surface area contributed by atoms with E-state index in [1.165, 1.54) is 22.6 Å². The summed E-state index contributed by atoms with van der Waals surface area (Å²) in [6.45, 7) is 4.13. The molecule has 2 heterocycles. The zero-order valence-corrected chi connectivity index (χ0v) is 18.3. The minimum atomic E-state index is -3.80. The number of benzene rings is 1. The van der Waals surface area contributed by atoms with E-state index in [-0.39, 0.29) is 41.2 Å². The Kier molecular flexibility index (Phi) is 5.63. The van der Waals surface area contributed by atoms with Gasteiger partial charge in [0.1, 0.15) is 5.52 Å². The van der Waals surface area contributed by atoms with Crippen molar-refractivity contribution in [2.45, 2.75) is 50.1 Å². The van der Waals surface area contributed by atoms with Gasteiger partial charge in [-0.15, -0.1) is 0 Å². The largest absolute Gasteiger partial charge is 0.462 e. The number of aromatic amines is 2. The lowest BCUT2D eigenvalue weighted by Crippen LogP contribution is -2.41. The summed E-state index contributed by atoms with van der Waals surface area (Å²) in [5.41, 5.74) is 6.32. The van der Waals surface area contributed by atoms with Gasteiger partial charge in [0.2, 0.25) is 10.0 Å². The van der Waals surface area contributed by atoms with Crippen LogP contribution < -0.4 is 11.3 Å². The van der Waals surface area contributed by atoms with Crippen LogP contribution in [0.25, 0.3) is 21.8 Å². The van der Waals surface area contributed by atoms with Crippen LogP contribution in [0, 0.1) is 0 Å². The molecule has 4 rings (SSSR count). The molecule has 0 unspecified atom stereocenters. The van der Waals surface area contributed by atoms with Gasteiger partial charge in [0.25, 0.3) is 5.56 Å². The summed E-state index contributed by atoms with van der Waals surface area (Å²) in [6, 6.07) is 4.17. The monoisotopic (exact) mass is 446 g/mol. The number of aromatic nitrogens is 2. The SMILES string of the molecule is CCCOC(=O)c1c[nH]c2c(=O)[nH]c3ccc(S(=O)(=O)N(C[C@@H](C)N)C4CC4)cc3c12. The fourth-order valence-corrected chi connectivity index (χ4v) is 5.54. The predicted octanol–water partition coefficient (Wildman–Crippen LogP) is 2.08. The number of fused-ring (bicyclic) bond motifs is 3. The van der Waals surface area contributed by atoms with Gasteiger partial charge >= 0.3 is 5.97 Å². The van der Waals surface area contributed by atoms with E-state index in [1.54, 1.807) is 13.0 Å². The summed E-state index contributed by atoms with van der Waals surface area (Å²) >= 11 is 0. The molecular formula is C21H26N4O5S. The second-order valence-corrected chi connectivity index (χ2v) is 9.92. The quantitative estimate of drug-likeness (QED) is 0.453. The number of hydrogen-bond acceptors (Lipinski definition) is 6. The number of hydrogen-bond donors (Lipinski definition) is 3. The van der Waals surface area contributed by atoms with E-state index in [4.69, 9.17) is 10.5 Å². The minimum absolute atomic E-state index is 0.0471. The third-order valence-corrected chi connectivity index (χ3v) is 7.22. The first-order valence-electron chi connectivity index (χ1n) is 10.4. The molecule has 9 nitrogen and oxygen atoms in total. The van der Waals surface area contributed by atoms with Crippen molar-refractivity contribution in [2.75, 3.05) is 13.2 Å². The highest BCUT2D eigenvalue weighted by atomic mass is 32.2. The highest BCUT2D eigenvalue weighted by Gasteiger charge is 2.38. The molecule has 0 amide bonds. The van der Waals surface area contributed by atoms with E-state index in [1.807, 2.05) is 6.92 Å². The van der Waals surface area contributed by atoms with Crippen molar-refractivity contribution in [3.8, 4) is 0 Å². The van der Waals surface area contributed by atoms with E-state index in [9.17, 15) is 18.0 Å². The van der Waals surface area contributed by atoms with Crippen molar-refractivity contribution in [1.82, 2.24) is 14.3 Å². The van der Waals surface area contributed by atoms with Gasteiger partial charge in [-0.25, -0.2) is 13.2 Å². The van der Waals surface area contributed by atoms with Gasteiger partial charge in [-0.1, -0.05) is 6.92 Å². The number of nitrogens with two attached hydrogens (primary N) is 1. The van der Waals surface area contributed by atoms with Crippen LogP contribution in [0.1, 0.15) is 43.5 Å². The maximum Gasteiger partial charge on any atom is 0.340 e. The molecular weight excluding hydrogens is 420 g/mol. The summed E-state index contributed by atoms with van der Waals surface area (Å²) in [5, 5.41) is 0.805. The molecule has 2 aromatic heterocycles. The number of carbonyl (C=O) groups is 1. The Morgan fingerprint density at radius 3 is 2.74 bits per heavy atom. The number of esters is 1. The van der Waals surface area contributed by atoms with Gasteiger partial charge in [-0.2, -0.15) is 4.31 Å². The van der Waals surface area contributed by atoms with Gasteiger partial charge in [0.15, 0.2) is 0 Å². The molecule has 10 heteroatoms. The average molecular weight is 447 g/mol. The number of carbonyl (C=O) groups excluding carboxylic acids is 1. The Morgan fingerprint density at radius 2 is 2.10 bits per heavy atom. The van der Waals surface area contributed by atoms with E-state index in [2.05, 4.69) is 9.97 Å². The van der Waals surface area contributed by atoms with Gasteiger partial charge in [0.05, 0.1) is 17.1 Å². The number of H-pyrrole nitrogens is 2. The van der Waals surface area contributed by atoms with Gasteiger partial charge in [0, 0.05) is 41.1 Å². The lowest BCUT2D eigenvalue weighted by atomic mass is 10.1. The molecule has 1 aliphatic rings. The van der Waals surface area contributed by atoms with Crippen molar-refractivity contribution in [1.29, 1.82) is 0 Å². The molecule has 0 radical (unpaired) electrons. The summed E-state index contributed by atoms with van der Waals surface area (Å²) in [6.07, 6.45) is 3.70. The van der Waals surface area contributed by atoms with Crippen LogP contribution in [0.15, 0.2) is 34.1 Å². The highest BCUT2D eigenvalue weighted by Crippen LogP contribution is 2.34. The van der Waals surface area contributed by atoms with Crippen LogP contribution in [0.2, 0.25) is 0 Å². The smallest absolute Gasteiger partial charge is 0.340 e. The Bertz CT molecular complexity index is 1300. The molecule has 1 aromatic carbocycles. The molecule has 3 aromatic rings. The van der Waals surface area contributed by atoms with E-state index >= 15 is 0 Å². The zero-order valence-electron chi connectivity index (χ0n) is 17.5. The molecule has 1 atom stereocenters. The molecule has 1 fully saturated rings. The third kappa shape index (κ3) is 3.98. The fourth-order valence-electron chi connectivity index (χ4n) is 3.73. The number of nitrogens with zero attached hydrogens (tertiary/aromatic N) is 1. The van der Waals surface area contributed by atoms with E-state index < -0.39 is 21.6 Å². The Hall–Kier alpha value is -2.69. The van der Waals surface area contributed by atoms with E-state index in [0.29, 0.717) is 22.7 Å². The number of nitrogens with one attached hydrogen (secondary N) is 2. The minimum Gasteiger partial charge on any atom is -0.462 e. The van der Waals surface area contributed by atoms with Crippen LogP contribution in [0.3, 0.4) is 0 Å². The molecule has 0 bridgehead atoms. The molecule has 1 saturated carbocycles. The first kappa shape index (κ1) is 21.5. The van der Waals surface area contributed by atoms with Crippen molar-refractivity contribution >= 4 is 37.8 Å². The second-order valence-electron chi connectivity index (χ2n) is 8.03. The third-order valence-electron chi connectivity index (χ3n) is 5.30. The summed E-state index contributed by atoms with van der Waals surface area (Å²) in [4.78, 5) is 30.7. The second kappa shape index (κ2) is 8.10. The topological polar surface area (TPSA) is 138 Å². The van der Waals surface area contributed by atoms with Crippen molar-refractivity contribution in [3.63, 3.8) is 0 Å². The Labute approximate surface area is 179 Å². The normalized spacial score (nSPS) is 15.6. The van der Waals surface area contributed by atoms with Gasteiger partial charge in [-0.3, -0.25) is 4.79 Å². The van der Waals surface area contributed by atoms with Crippen LogP contribution >= 0.6 is 0 Å². The number of pyridine rings is 1. The Balaban J connectivity index is 1.89. The highest BCUT2D eigenvalue weighted by molar-refractivity contribution is 7.89. The number of ether oxygens (including phenoxy) is 1. The zero-order chi connectivity index (χ0) is 22.3. The van der Waals surface area contributed by atoms with Crippen LogP contribution in [-0.4, -0.2) is 53.9 Å². The average Bonchev–Trinajstić information content (AvgIpc) is 3.46. The molecule has 1 aliphatic carbocycles. The predicted molar refractivity (Wildman–Crippen MR) is 118 cm³/mol. The van der Waals surface area contributed by atoms with Crippen LogP contribution in [-0.2, 0) is 14.8 Å². The maximum absolute atomic E-state index is 13.4. The summed E-state index contributed by atoms with van der Waals surface area (Å²) in [7, 11) is -3.80. The standard InChI is InChI=1S/C21H26N4O5S/c1-3-8-30-21(27)16-10-23-19-18(16)15-9-14(6-7-17(15)24-20(19)26)31(28,29)25(11-12(2)22)13-4-5-13/h6-7,9-10,12-13,23H,3-5,8,11,22H2,1-2H3,(H,24,26)/t12-/m1/s1. The fraction of sp³-hybridized carbons (Fsp3) is 0.429. The molecule has 4 N–H and O–H groups in total. The lowest BCUT2D eigenvalue weighted by Gasteiger charge is -2.23. The molecule has 0 saturated heterocycles. The van der Waals surface area contributed by atoms with Crippen molar-refractivity contribution < 1.29 is 17.9 Å². The van der Waals surface area contributed by atoms with Crippen molar-refractivity contribution in [2.24, 2.45) is 5.73 Å². The van der Waals surface area contributed by atoms with Gasteiger partial charge < -0.3 is 20.4 Å². The summed E-state index contributed by atoms with van der Waals surface area (Å²) < 4.78 is 33.5. The molecule has 0 spiro atoms. The number of sulfonamides is 1. The molecule has 31 heavy (non-hydrogen) atoms. The summed E-state index contributed by atoms with van der Waals surface area (Å²) in [5.74, 6) is -0.565. The van der Waals surface area contributed by atoms with Crippen molar-refractivity contribution in [3.05, 3.63) is 40.3 Å². The maximum atomic E-state index is 13.4. The van der Waals surface area contributed by atoms with Crippen LogP contribution in [0.5, 0.6) is 0 Å². The van der Waals surface area contributed by atoms with Gasteiger partial charge in [-0.05, 0) is 44.4 Å². The molecule has 166 valence electrons. The Morgan fingerprint density at radius 1 is 1.35 bits per heavy atom.